The first kappa shape index (κ1) is 30.9. The Morgan fingerprint density at radius 3 is 2.36 bits per heavy atom. The van der Waals surface area contributed by atoms with Gasteiger partial charge in [0.1, 0.15) is 0 Å². The molecule has 1 amide bonds. The van der Waals surface area contributed by atoms with E-state index in [-0.39, 0.29) is 6.54 Å². The number of rotatable bonds is 12. The lowest BCUT2D eigenvalue weighted by Crippen LogP contribution is -2.46. The molecule has 3 aromatic rings. The van der Waals surface area contributed by atoms with E-state index in [1.165, 1.54) is 0 Å². The van der Waals surface area contributed by atoms with E-state index in [4.69, 9.17) is 0 Å². The van der Waals surface area contributed by atoms with Gasteiger partial charge in [-0.1, -0.05) is 47.5 Å². The summed E-state index contributed by atoms with van der Waals surface area (Å²) in [7, 11) is -4.37. The molecule has 0 spiro atoms. The van der Waals surface area contributed by atoms with Gasteiger partial charge in [-0.05, 0) is 68.3 Å². The number of aromatic nitrogens is 1. The number of nitrogens with zero attached hydrogens (tertiary/aromatic N) is 3. The molecule has 11 heteroatoms. The van der Waals surface area contributed by atoms with Crippen molar-refractivity contribution in [2.45, 2.75) is 63.8 Å². The van der Waals surface area contributed by atoms with E-state index in [1.807, 2.05) is 54.1 Å². The molecule has 0 atom stereocenters. The average molecular weight is 629 g/mol. The first-order chi connectivity index (χ1) is 18.3. The summed E-state index contributed by atoms with van der Waals surface area (Å²) >= 11 is 3.43. The van der Waals surface area contributed by atoms with Crippen LogP contribution in [-0.2, 0) is 34.1 Å². The van der Waals surface area contributed by atoms with Crippen molar-refractivity contribution in [1.82, 2.24) is 13.8 Å². The van der Waals surface area contributed by atoms with Crippen LogP contribution in [0.25, 0.3) is 0 Å². The third kappa shape index (κ3) is 8.18. The van der Waals surface area contributed by atoms with Crippen LogP contribution in [0.3, 0.4) is 0 Å². The minimum atomic E-state index is -4.69. The molecule has 0 N–H and O–H groups in total. The van der Waals surface area contributed by atoms with E-state index in [0.717, 1.165) is 51.1 Å². The largest absolute Gasteiger partial charge is 0.416 e. The van der Waals surface area contributed by atoms with Crippen LogP contribution in [0.1, 0.15) is 50.4 Å². The second-order valence-electron chi connectivity index (χ2n) is 9.59. The average Bonchev–Trinajstić information content (AvgIpc) is 3.31. The Kier molecular flexibility index (Phi) is 10.4. The molecule has 0 aliphatic heterocycles. The molecule has 2 aromatic carbocycles. The van der Waals surface area contributed by atoms with Gasteiger partial charge in [0.15, 0.2) is 0 Å². The summed E-state index contributed by atoms with van der Waals surface area (Å²) in [6, 6.07) is 14.7. The zero-order valence-electron chi connectivity index (χ0n) is 22.2. The molecule has 1 aromatic heterocycles. The fourth-order valence-electron chi connectivity index (χ4n) is 4.12. The van der Waals surface area contributed by atoms with Gasteiger partial charge in [0.2, 0.25) is 15.9 Å². The standard InChI is InChI=1S/C28H33BrF3N3O3S/c1-4-5-15-34(19-25-9-7-16-33(25)18-22-11-13-24(29)14-12-22)27(36)20-35(21(2)3)39(37,38)26-10-6-8-23(17-26)28(30,31)32/h6-14,16-17,21H,4-5,15,18-20H2,1-3H3. The van der Waals surface area contributed by atoms with E-state index >= 15 is 0 Å². The molecule has 0 unspecified atom stereocenters. The smallest absolute Gasteiger partial charge is 0.345 e. The van der Waals surface area contributed by atoms with Gasteiger partial charge >= 0.3 is 6.18 Å². The second-order valence-corrected chi connectivity index (χ2v) is 12.4. The van der Waals surface area contributed by atoms with Crippen molar-refractivity contribution < 1.29 is 26.4 Å². The van der Waals surface area contributed by atoms with E-state index in [1.54, 1.807) is 18.7 Å². The van der Waals surface area contributed by atoms with Crippen LogP contribution < -0.4 is 0 Å². The van der Waals surface area contributed by atoms with Crippen molar-refractivity contribution in [3.05, 3.63) is 88.2 Å². The van der Waals surface area contributed by atoms with Crippen molar-refractivity contribution in [1.29, 1.82) is 0 Å². The fraction of sp³-hybridized carbons (Fsp3) is 0.393. The molecule has 1 heterocycles. The molecule has 212 valence electrons. The van der Waals surface area contributed by atoms with Crippen molar-refractivity contribution in [3.63, 3.8) is 0 Å². The molecule has 0 aliphatic rings. The Labute approximate surface area is 236 Å². The number of amides is 1. The molecule has 39 heavy (non-hydrogen) atoms. The third-order valence-electron chi connectivity index (χ3n) is 6.31. The number of sulfonamides is 1. The van der Waals surface area contributed by atoms with E-state index in [9.17, 15) is 26.4 Å². The van der Waals surface area contributed by atoms with Gasteiger partial charge < -0.3 is 9.47 Å². The highest BCUT2D eigenvalue weighted by atomic mass is 79.9. The Balaban J connectivity index is 1.84. The van der Waals surface area contributed by atoms with Crippen LogP contribution in [0.4, 0.5) is 13.2 Å². The van der Waals surface area contributed by atoms with Crippen molar-refractivity contribution in [2.75, 3.05) is 13.1 Å². The summed E-state index contributed by atoms with van der Waals surface area (Å²) in [5.74, 6) is -0.413. The molecule has 0 saturated carbocycles. The maximum atomic E-state index is 13.5. The predicted molar refractivity (Wildman–Crippen MR) is 148 cm³/mol. The van der Waals surface area contributed by atoms with Gasteiger partial charge in [0.25, 0.3) is 0 Å². The second kappa shape index (κ2) is 13.1. The van der Waals surface area contributed by atoms with Crippen LogP contribution in [0.2, 0.25) is 0 Å². The van der Waals surface area contributed by atoms with Gasteiger partial charge in [0.05, 0.1) is 23.5 Å². The molecule has 0 saturated heterocycles. The van der Waals surface area contributed by atoms with Crippen molar-refractivity contribution in [3.8, 4) is 0 Å². The summed E-state index contributed by atoms with van der Waals surface area (Å²) in [6.07, 6.45) is -1.20. The Bertz CT molecular complexity index is 1360. The van der Waals surface area contributed by atoms with Gasteiger partial charge in [-0.25, -0.2) is 8.42 Å². The molecule has 0 radical (unpaired) electrons. The zero-order chi connectivity index (χ0) is 28.8. The van der Waals surface area contributed by atoms with E-state index < -0.39 is 45.2 Å². The fourth-order valence-corrected chi connectivity index (χ4v) is 6.01. The number of hydrogen-bond acceptors (Lipinski definition) is 3. The highest BCUT2D eigenvalue weighted by Crippen LogP contribution is 2.31. The molecule has 6 nitrogen and oxygen atoms in total. The third-order valence-corrected chi connectivity index (χ3v) is 8.86. The molecule has 0 fully saturated rings. The molecule has 3 rings (SSSR count). The van der Waals surface area contributed by atoms with Gasteiger partial charge in [0, 0.05) is 35.5 Å². The quantitative estimate of drug-likeness (QED) is 0.229. The summed E-state index contributed by atoms with van der Waals surface area (Å²) in [6.45, 7) is 6.01. The first-order valence-corrected chi connectivity index (χ1v) is 14.9. The molecule has 0 bridgehead atoms. The lowest BCUT2D eigenvalue weighted by Gasteiger charge is -2.30. The van der Waals surface area contributed by atoms with E-state index in [2.05, 4.69) is 15.9 Å². The number of hydrogen-bond donors (Lipinski definition) is 0. The van der Waals surface area contributed by atoms with Gasteiger partial charge in [-0.2, -0.15) is 17.5 Å². The summed E-state index contributed by atoms with van der Waals surface area (Å²) in [5.41, 5.74) is 0.911. The number of benzene rings is 2. The summed E-state index contributed by atoms with van der Waals surface area (Å²) < 4.78 is 70.5. The van der Waals surface area contributed by atoms with Gasteiger partial charge in [-0.15, -0.1) is 0 Å². The zero-order valence-corrected chi connectivity index (χ0v) is 24.6. The lowest BCUT2D eigenvalue weighted by molar-refractivity contribution is -0.137. The number of carbonyl (C=O) groups excluding carboxylic acids is 1. The minimum Gasteiger partial charge on any atom is -0.345 e. The lowest BCUT2D eigenvalue weighted by atomic mass is 10.2. The maximum absolute atomic E-state index is 13.5. The van der Waals surface area contributed by atoms with Crippen LogP contribution in [0.5, 0.6) is 0 Å². The number of alkyl halides is 3. The molecular weight excluding hydrogens is 595 g/mol. The summed E-state index contributed by atoms with van der Waals surface area (Å²) in [5, 5.41) is 0. The SMILES string of the molecule is CCCCN(Cc1cccn1Cc1ccc(Br)cc1)C(=O)CN(C(C)C)S(=O)(=O)c1cccc(C(F)(F)F)c1. The maximum Gasteiger partial charge on any atom is 0.416 e. The van der Waals surface area contributed by atoms with Crippen molar-refractivity contribution in [2.24, 2.45) is 0 Å². The molecule has 0 aliphatic carbocycles. The first-order valence-electron chi connectivity index (χ1n) is 12.7. The van der Waals surface area contributed by atoms with Crippen LogP contribution in [0.15, 0.2) is 76.2 Å². The molecular formula is C28H33BrF3N3O3S. The Morgan fingerprint density at radius 2 is 1.74 bits per heavy atom. The highest BCUT2D eigenvalue weighted by molar-refractivity contribution is 9.10. The monoisotopic (exact) mass is 627 g/mol. The highest BCUT2D eigenvalue weighted by Gasteiger charge is 2.35. The van der Waals surface area contributed by atoms with Crippen LogP contribution >= 0.6 is 15.9 Å². The Hall–Kier alpha value is -2.63. The van der Waals surface area contributed by atoms with Crippen LogP contribution in [0, 0.1) is 0 Å². The van der Waals surface area contributed by atoms with Crippen LogP contribution in [-0.4, -0.2) is 47.2 Å². The van der Waals surface area contributed by atoms with Crippen molar-refractivity contribution >= 4 is 31.9 Å². The normalized spacial score (nSPS) is 12.3. The van der Waals surface area contributed by atoms with Gasteiger partial charge in [-0.3, -0.25) is 4.79 Å². The minimum absolute atomic E-state index is 0.276. The predicted octanol–water partition coefficient (Wildman–Crippen LogP) is 6.55. The number of unbranched alkanes of at least 4 members (excludes halogenated alkanes) is 1. The number of halogens is 4. The van der Waals surface area contributed by atoms with E-state index in [0.29, 0.717) is 19.2 Å². The summed E-state index contributed by atoms with van der Waals surface area (Å²) in [4.78, 5) is 14.6. The Morgan fingerprint density at radius 1 is 1.05 bits per heavy atom. The number of carbonyl (C=O) groups is 1. The topological polar surface area (TPSA) is 62.6 Å².